The molecule has 8 nitrogen and oxygen atoms in total. The summed E-state index contributed by atoms with van der Waals surface area (Å²) >= 11 is 0. The highest BCUT2D eigenvalue weighted by atomic mass is 16.4. The third-order valence-electron chi connectivity index (χ3n) is 2.21. The zero-order valence-electron chi connectivity index (χ0n) is 9.31. The molecule has 0 saturated heterocycles. The molecule has 0 aliphatic carbocycles. The van der Waals surface area contributed by atoms with E-state index >= 15 is 0 Å². The van der Waals surface area contributed by atoms with Crippen LogP contribution in [0, 0.1) is 0 Å². The van der Waals surface area contributed by atoms with E-state index in [4.69, 9.17) is 20.4 Å². The van der Waals surface area contributed by atoms with Crippen molar-refractivity contribution < 1.29 is 35.4 Å². The van der Waals surface area contributed by atoms with Crippen molar-refractivity contribution in [3.63, 3.8) is 0 Å². The average Bonchev–Trinajstić information content (AvgIpc) is 2.28. The summed E-state index contributed by atoms with van der Waals surface area (Å²) in [5.41, 5.74) is 0. The fourth-order valence-electron chi connectivity index (χ4n) is 1.34. The van der Waals surface area contributed by atoms with E-state index in [1.807, 2.05) is 0 Å². The predicted molar refractivity (Wildman–Crippen MR) is 56.3 cm³/mol. The van der Waals surface area contributed by atoms with Gasteiger partial charge in [0.2, 0.25) is 0 Å². The molecular weight excluding hydrogens is 234 g/mol. The Bertz CT molecular complexity index is 213. The smallest absolute Gasteiger partial charge is 0.323 e. The molecule has 0 spiro atoms. The largest absolute Gasteiger partial charge is 0.480 e. The lowest BCUT2D eigenvalue weighted by molar-refractivity contribution is -0.146. The summed E-state index contributed by atoms with van der Waals surface area (Å²) in [4.78, 5) is 11.9. The quantitative estimate of drug-likeness (QED) is 0.248. The van der Waals surface area contributed by atoms with E-state index in [0.29, 0.717) is 0 Å². The Morgan fingerprint density at radius 3 is 1.59 bits per heavy atom. The van der Waals surface area contributed by atoms with Gasteiger partial charge < -0.3 is 30.6 Å². The molecule has 6 N–H and O–H groups in total. The Hall–Kier alpha value is -0.770. The van der Waals surface area contributed by atoms with Crippen LogP contribution in [-0.4, -0.2) is 92.7 Å². The van der Waals surface area contributed by atoms with Crippen molar-refractivity contribution in [2.45, 2.75) is 18.2 Å². The number of carboxylic acid groups (broad SMARTS) is 1. The minimum absolute atomic E-state index is 0.231. The fourth-order valence-corrected chi connectivity index (χ4v) is 1.34. The van der Waals surface area contributed by atoms with Gasteiger partial charge in [0.15, 0.2) is 0 Å². The normalized spacial score (nSPS) is 16.8. The minimum Gasteiger partial charge on any atom is -0.480 e. The monoisotopic (exact) mass is 253 g/mol. The summed E-state index contributed by atoms with van der Waals surface area (Å²) < 4.78 is 0. The number of carboxylic acids is 1. The van der Waals surface area contributed by atoms with Gasteiger partial charge in [-0.15, -0.1) is 0 Å². The van der Waals surface area contributed by atoms with Gasteiger partial charge in [-0.2, -0.15) is 0 Å². The van der Waals surface area contributed by atoms with E-state index < -0.39 is 44.0 Å². The molecule has 0 radical (unpaired) electrons. The van der Waals surface area contributed by atoms with Crippen LogP contribution in [0.4, 0.5) is 0 Å². The lowest BCUT2D eigenvalue weighted by Gasteiger charge is -2.30. The predicted octanol–water partition coefficient (Wildman–Crippen LogP) is -3.56. The van der Waals surface area contributed by atoms with Crippen LogP contribution in [0.2, 0.25) is 0 Å². The molecule has 0 aromatic heterocycles. The Labute approximate surface area is 98.3 Å². The number of hydrogen-bond donors (Lipinski definition) is 6. The highest BCUT2D eigenvalue weighted by molar-refractivity contribution is 5.73. The molecule has 0 amide bonds. The number of rotatable bonds is 9. The van der Waals surface area contributed by atoms with Crippen LogP contribution < -0.4 is 0 Å². The van der Waals surface area contributed by atoms with Gasteiger partial charge in [0.05, 0.1) is 32.0 Å². The highest BCUT2D eigenvalue weighted by Gasteiger charge is 2.28. The fraction of sp³-hybridized carbons (Fsp3) is 0.889. The number of aliphatic carboxylic acids is 1. The van der Waals surface area contributed by atoms with E-state index in [9.17, 15) is 15.0 Å². The summed E-state index contributed by atoms with van der Waals surface area (Å²) in [6.07, 6.45) is -2.37. The topological polar surface area (TPSA) is 142 Å². The summed E-state index contributed by atoms with van der Waals surface area (Å²) in [6, 6.07) is -1.31. The average molecular weight is 253 g/mol. The first-order valence-electron chi connectivity index (χ1n) is 5.11. The first kappa shape index (κ1) is 16.2. The van der Waals surface area contributed by atoms with E-state index in [0.717, 1.165) is 4.90 Å². The van der Waals surface area contributed by atoms with E-state index in [-0.39, 0.29) is 13.1 Å². The zero-order valence-corrected chi connectivity index (χ0v) is 9.31. The maximum atomic E-state index is 10.8. The standard InChI is InChI=1S/C9H19NO7/c11-3-6(14)1-10(2-7(15)4-12)8(5-13)9(16)17/h6-8,11-15H,1-5H2,(H,16,17). The summed E-state index contributed by atoms with van der Waals surface area (Å²) in [5.74, 6) is -1.32. The Morgan fingerprint density at radius 2 is 1.35 bits per heavy atom. The molecule has 0 aromatic rings. The third-order valence-corrected chi connectivity index (χ3v) is 2.21. The van der Waals surface area contributed by atoms with Crippen molar-refractivity contribution in [1.82, 2.24) is 4.90 Å². The number of aliphatic hydroxyl groups excluding tert-OH is 5. The summed E-state index contributed by atoms with van der Waals surface area (Å²) in [7, 11) is 0. The molecule has 0 aliphatic heterocycles. The van der Waals surface area contributed by atoms with Crippen molar-refractivity contribution >= 4 is 5.97 Å². The minimum atomic E-state index is -1.32. The molecule has 17 heavy (non-hydrogen) atoms. The van der Waals surface area contributed by atoms with Crippen LogP contribution in [0.15, 0.2) is 0 Å². The molecule has 0 fully saturated rings. The molecule has 0 aromatic carbocycles. The Morgan fingerprint density at radius 1 is 0.941 bits per heavy atom. The van der Waals surface area contributed by atoms with Crippen LogP contribution in [-0.2, 0) is 4.79 Å². The van der Waals surface area contributed by atoms with Crippen molar-refractivity contribution in [3.8, 4) is 0 Å². The summed E-state index contributed by atoms with van der Waals surface area (Å²) in [6.45, 7) is -2.30. The van der Waals surface area contributed by atoms with Gasteiger partial charge in [0.1, 0.15) is 6.04 Å². The second kappa shape index (κ2) is 8.34. The Balaban J connectivity index is 4.62. The van der Waals surface area contributed by atoms with Gasteiger partial charge in [-0.25, -0.2) is 0 Å². The van der Waals surface area contributed by atoms with Gasteiger partial charge in [-0.05, 0) is 0 Å². The number of aliphatic hydroxyl groups is 5. The first-order valence-corrected chi connectivity index (χ1v) is 5.11. The SMILES string of the molecule is O=C(O)C(CO)N(CC(O)CO)CC(O)CO. The number of hydrogen-bond acceptors (Lipinski definition) is 7. The van der Waals surface area contributed by atoms with Gasteiger partial charge in [0, 0.05) is 13.1 Å². The van der Waals surface area contributed by atoms with Crippen molar-refractivity contribution in [1.29, 1.82) is 0 Å². The van der Waals surface area contributed by atoms with Crippen molar-refractivity contribution in [3.05, 3.63) is 0 Å². The van der Waals surface area contributed by atoms with Gasteiger partial charge in [-0.3, -0.25) is 9.69 Å². The summed E-state index contributed by atoms with van der Waals surface area (Å²) in [5, 5.41) is 53.6. The van der Waals surface area contributed by atoms with Crippen LogP contribution >= 0.6 is 0 Å². The second-order valence-corrected chi connectivity index (χ2v) is 3.66. The van der Waals surface area contributed by atoms with E-state index in [1.54, 1.807) is 0 Å². The van der Waals surface area contributed by atoms with Crippen LogP contribution in [0.3, 0.4) is 0 Å². The number of carbonyl (C=O) groups is 1. The lowest BCUT2D eigenvalue weighted by atomic mass is 10.2. The van der Waals surface area contributed by atoms with Crippen molar-refractivity contribution in [2.75, 3.05) is 32.9 Å². The molecule has 0 saturated carbocycles. The maximum absolute atomic E-state index is 10.8. The third kappa shape index (κ3) is 5.91. The molecule has 8 heteroatoms. The van der Waals surface area contributed by atoms with Crippen LogP contribution in [0.1, 0.15) is 0 Å². The molecule has 3 unspecified atom stereocenters. The lowest BCUT2D eigenvalue weighted by Crippen LogP contribution is -2.51. The number of nitrogens with zero attached hydrogens (tertiary/aromatic N) is 1. The van der Waals surface area contributed by atoms with Crippen LogP contribution in [0.5, 0.6) is 0 Å². The van der Waals surface area contributed by atoms with Crippen molar-refractivity contribution in [2.24, 2.45) is 0 Å². The van der Waals surface area contributed by atoms with Crippen LogP contribution in [0.25, 0.3) is 0 Å². The molecule has 0 rings (SSSR count). The van der Waals surface area contributed by atoms with E-state index in [1.165, 1.54) is 0 Å². The second-order valence-electron chi connectivity index (χ2n) is 3.66. The molecular formula is C9H19NO7. The Kier molecular flexibility index (Phi) is 7.96. The van der Waals surface area contributed by atoms with Gasteiger partial charge >= 0.3 is 5.97 Å². The highest BCUT2D eigenvalue weighted by Crippen LogP contribution is 2.03. The van der Waals surface area contributed by atoms with E-state index in [2.05, 4.69) is 0 Å². The molecule has 0 heterocycles. The molecule has 102 valence electrons. The molecule has 3 atom stereocenters. The molecule has 0 aliphatic rings. The first-order chi connectivity index (χ1) is 7.96. The molecule has 0 bridgehead atoms. The van der Waals surface area contributed by atoms with Gasteiger partial charge in [-0.1, -0.05) is 0 Å². The van der Waals surface area contributed by atoms with Gasteiger partial charge in [0.25, 0.3) is 0 Å². The maximum Gasteiger partial charge on any atom is 0.323 e. The zero-order chi connectivity index (χ0) is 13.4.